The number of hydrogen-bond acceptors (Lipinski definition) is 5. The number of carbonyl (C=O) groups is 1. The molecule has 1 aromatic rings. The SMILES string of the molecule is CC(C)Oc1ccnc(NCCCC(N)=O)n1. The van der Waals surface area contributed by atoms with Crippen LogP contribution in [0.4, 0.5) is 5.95 Å². The van der Waals surface area contributed by atoms with Gasteiger partial charge in [0, 0.05) is 25.2 Å². The van der Waals surface area contributed by atoms with Crippen LogP contribution < -0.4 is 15.8 Å². The predicted octanol–water partition coefficient (Wildman–Crippen LogP) is 0.941. The molecule has 1 heterocycles. The zero-order chi connectivity index (χ0) is 12.7. The lowest BCUT2D eigenvalue weighted by Crippen LogP contribution is -2.14. The number of anilines is 1. The molecule has 0 aliphatic carbocycles. The van der Waals surface area contributed by atoms with E-state index >= 15 is 0 Å². The number of aromatic nitrogens is 2. The van der Waals surface area contributed by atoms with Gasteiger partial charge in [0.1, 0.15) is 0 Å². The van der Waals surface area contributed by atoms with Gasteiger partial charge in [-0.3, -0.25) is 4.79 Å². The average Bonchev–Trinajstić information content (AvgIpc) is 2.24. The highest BCUT2D eigenvalue weighted by molar-refractivity contribution is 5.73. The fourth-order valence-corrected chi connectivity index (χ4v) is 1.20. The maximum Gasteiger partial charge on any atom is 0.225 e. The minimum absolute atomic E-state index is 0.0765. The quantitative estimate of drug-likeness (QED) is 0.690. The summed E-state index contributed by atoms with van der Waals surface area (Å²) in [6.07, 6.45) is 2.72. The highest BCUT2D eigenvalue weighted by atomic mass is 16.5. The molecule has 1 aromatic heterocycles. The first-order valence-corrected chi connectivity index (χ1v) is 5.60. The van der Waals surface area contributed by atoms with Crippen LogP contribution in [0.3, 0.4) is 0 Å². The number of rotatable bonds is 7. The van der Waals surface area contributed by atoms with Crippen LogP contribution in [-0.2, 0) is 4.79 Å². The molecule has 6 nitrogen and oxygen atoms in total. The first-order valence-electron chi connectivity index (χ1n) is 5.60. The Labute approximate surface area is 101 Å². The second-order valence-corrected chi connectivity index (χ2v) is 3.88. The largest absolute Gasteiger partial charge is 0.475 e. The predicted molar refractivity (Wildman–Crippen MR) is 64.7 cm³/mol. The Balaban J connectivity index is 2.40. The maximum absolute atomic E-state index is 10.5. The molecule has 3 N–H and O–H groups in total. The standard InChI is InChI=1S/C11H18N4O2/c1-8(2)17-10-5-7-14-11(15-10)13-6-3-4-9(12)16/h5,7-8H,3-4,6H2,1-2H3,(H2,12,16)(H,13,14,15). The number of nitrogens with two attached hydrogens (primary N) is 1. The summed E-state index contributed by atoms with van der Waals surface area (Å²) in [5.41, 5.74) is 5.03. The van der Waals surface area contributed by atoms with E-state index in [0.717, 1.165) is 0 Å². The molecule has 0 aliphatic heterocycles. The molecule has 0 saturated carbocycles. The number of nitrogens with one attached hydrogen (secondary N) is 1. The third-order valence-corrected chi connectivity index (χ3v) is 1.87. The number of nitrogens with zero attached hydrogens (tertiary/aromatic N) is 2. The molecular weight excluding hydrogens is 220 g/mol. The fraction of sp³-hybridized carbons (Fsp3) is 0.545. The van der Waals surface area contributed by atoms with Gasteiger partial charge in [0.25, 0.3) is 0 Å². The summed E-state index contributed by atoms with van der Waals surface area (Å²) >= 11 is 0. The van der Waals surface area contributed by atoms with E-state index in [2.05, 4.69) is 15.3 Å². The molecule has 0 radical (unpaired) electrons. The van der Waals surface area contributed by atoms with Crippen molar-refractivity contribution in [1.82, 2.24) is 9.97 Å². The number of hydrogen-bond donors (Lipinski definition) is 2. The summed E-state index contributed by atoms with van der Waals surface area (Å²) in [5.74, 6) is 0.727. The van der Waals surface area contributed by atoms with Gasteiger partial charge >= 0.3 is 0 Å². The molecule has 6 heteroatoms. The van der Waals surface area contributed by atoms with E-state index in [1.54, 1.807) is 12.3 Å². The van der Waals surface area contributed by atoms with Crippen molar-refractivity contribution in [2.45, 2.75) is 32.8 Å². The highest BCUT2D eigenvalue weighted by Gasteiger charge is 2.02. The van der Waals surface area contributed by atoms with Gasteiger partial charge in [-0.15, -0.1) is 0 Å². The summed E-state index contributed by atoms with van der Waals surface area (Å²) in [6.45, 7) is 4.47. The molecule has 0 atom stereocenters. The average molecular weight is 238 g/mol. The van der Waals surface area contributed by atoms with Gasteiger partial charge in [-0.25, -0.2) is 4.98 Å². The number of carbonyl (C=O) groups excluding carboxylic acids is 1. The Bertz CT molecular complexity index is 368. The molecular formula is C11H18N4O2. The van der Waals surface area contributed by atoms with E-state index in [1.807, 2.05) is 13.8 Å². The fourth-order valence-electron chi connectivity index (χ4n) is 1.20. The van der Waals surface area contributed by atoms with Crippen LogP contribution in [-0.4, -0.2) is 28.5 Å². The molecule has 94 valence electrons. The first kappa shape index (κ1) is 13.2. The monoisotopic (exact) mass is 238 g/mol. The van der Waals surface area contributed by atoms with Crippen molar-refractivity contribution < 1.29 is 9.53 Å². The summed E-state index contributed by atoms with van der Waals surface area (Å²) in [4.78, 5) is 18.7. The Morgan fingerprint density at radius 3 is 3.00 bits per heavy atom. The minimum Gasteiger partial charge on any atom is -0.475 e. The number of primary amides is 1. The van der Waals surface area contributed by atoms with Crippen molar-refractivity contribution in [3.63, 3.8) is 0 Å². The zero-order valence-electron chi connectivity index (χ0n) is 10.1. The molecule has 17 heavy (non-hydrogen) atoms. The lowest BCUT2D eigenvalue weighted by atomic mass is 10.3. The van der Waals surface area contributed by atoms with E-state index in [9.17, 15) is 4.79 Å². The topological polar surface area (TPSA) is 90.1 Å². The molecule has 0 unspecified atom stereocenters. The zero-order valence-corrected chi connectivity index (χ0v) is 10.1. The van der Waals surface area contributed by atoms with Crippen LogP contribution in [0.15, 0.2) is 12.3 Å². The molecule has 0 spiro atoms. The van der Waals surface area contributed by atoms with Crippen LogP contribution in [0.25, 0.3) is 0 Å². The van der Waals surface area contributed by atoms with Gasteiger partial charge in [-0.2, -0.15) is 4.98 Å². The molecule has 1 rings (SSSR count). The number of ether oxygens (including phenoxy) is 1. The van der Waals surface area contributed by atoms with Crippen molar-refractivity contribution in [3.8, 4) is 5.88 Å². The van der Waals surface area contributed by atoms with Gasteiger partial charge in [0.15, 0.2) is 0 Å². The summed E-state index contributed by atoms with van der Waals surface area (Å²) in [6, 6.07) is 1.70. The molecule has 0 fully saturated rings. The maximum atomic E-state index is 10.5. The third kappa shape index (κ3) is 5.70. The summed E-state index contributed by atoms with van der Waals surface area (Å²) in [7, 11) is 0. The van der Waals surface area contributed by atoms with Gasteiger partial charge in [0.05, 0.1) is 6.10 Å². The van der Waals surface area contributed by atoms with Gasteiger partial charge in [-0.1, -0.05) is 0 Å². The summed E-state index contributed by atoms with van der Waals surface area (Å²) < 4.78 is 5.43. The van der Waals surface area contributed by atoms with Crippen LogP contribution in [0.2, 0.25) is 0 Å². The second kappa shape index (κ2) is 6.67. The lowest BCUT2D eigenvalue weighted by molar-refractivity contribution is -0.118. The highest BCUT2D eigenvalue weighted by Crippen LogP contribution is 2.10. The smallest absolute Gasteiger partial charge is 0.225 e. The van der Waals surface area contributed by atoms with E-state index in [0.29, 0.717) is 31.2 Å². The number of amides is 1. The van der Waals surface area contributed by atoms with Gasteiger partial charge < -0.3 is 15.8 Å². The Hall–Kier alpha value is -1.85. The van der Waals surface area contributed by atoms with E-state index in [4.69, 9.17) is 10.5 Å². The van der Waals surface area contributed by atoms with Gasteiger partial charge in [-0.05, 0) is 20.3 Å². The van der Waals surface area contributed by atoms with Crippen molar-refractivity contribution in [2.75, 3.05) is 11.9 Å². The molecule has 0 aromatic carbocycles. The Kier molecular flexibility index (Phi) is 5.19. The van der Waals surface area contributed by atoms with E-state index in [-0.39, 0.29) is 12.0 Å². The van der Waals surface area contributed by atoms with Crippen molar-refractivity contribution in [3.05, 3.63) is 12.3 Å². The minimum atomic E-state index is -0.301. The normalized spacial score (nSPS) is 10.3. The van der Waals surface area contributed by atoms with Crippen molar-refractivity contribution in [1.29, 1.82) is 0 Å². The van der Waals surface area contributed by atoms with Crippen LogP contribution >= 0.6 is 0 Å². The van der Waals surface area contributed by atoms with E-state index < -0.39 is 0 Å². The third-order valence-electron chi connectivity index (χ3n) is 1.87. The van der Waals surface area contributed by atoms with Crippen molar-refractivity contribution >= 4 is 11.9 Å². The molecule has 0 saturated heterocycles. The van der Waals surface area contributed by atoms with Crippen LogP contribution in [0.5, 0.6) is 5.88 Å². The second-order valence-electron chi connectivity index (χ2n) is 3.88. The Morgan fingerprint density at radius 1 is 1.59 bits per heavy atom. The first-order chi connectivity index (χ1) is 8.08. The van der Waals surface area contributed by atoms with Crippen molar-refractivity contribution in [2.24, 2.45) is 5.73 Å². The van der Waals surface area contributed by atoms with Gasteiger partial charge in [0.2, 0.25) is 17.7 Å². The summed E-state index contributed by atoms with van der Waals surface area (Å²) in [5, 5.41) is 3.00. The van der Waals surface area contributed by atoms with E-state index in [1.165, 1.54) is 0 Å². The Morgan fingerprint density at radius 2 is 2.35 bits per heavy atom. The lowest BCUT2D eigenvalue weighted by Gasteiger charge is -2.09. The molecule has 0 bridgehead atoms. The van der Waals surface area contributed by atoms with Crippen LogP contribution in [0.1, 0.15) is 26.7 Å². The molecule has 1 amide bonds. The molecule has 0 aliphatic rings. The van der Waals surface area contributed by atoms with Crippen LogP contribution in [0, 0.1) is 0 Å².